The van der Waals surface area contributed by atoms with Gasteiger partial charge in [-0.15, -0.1) is 0 Å². The van der Waals surface area contributed by atoms with E-state index in [4.69, 9.17) is 16.1 Å². The van der Waals surface area contributed by atoms with Gasteiger partial charge in [-0.05, 0) is 6.42 Å². The Morgan fingerprint density at radius 2 is 2.50 bits per heavy atom. The molecule has 0 saturated heterocycles. The maximum Gasteiger partial charge on any atom is 0.358 e. The third kappa shape index (κ3) is 2.23. The number of carbonyl (C=O) groups is 1. The largest absolute Gasteiger partial charge is 0.476 e. The zero-order valence-corrected chi connectivity index (χ0v) is 7.47. The molecule has 0 fully saturated rings. The number of rotatable bonds is 4. The summed E-state index contributed by atoms with van der Waals surface area (Å²) < 4.78 is 1.44. The average Bonchev–Trinajstić information content (AvgIpc) is 2.47. The van der Waals surface area contributed by atoms with Gasteiger partial charge in [0.15, 0.2) is 5.69 Å². The first-order valence-electron chi connectivity index (χ1n) is 4.08. The van der Waals surface area contributed by atoms with Crippen LogP contribution in [0.4, 0.5) is 5.69 Å². The third-order valence-corrected chi connectivity index (χ3v) is 1.67. The van der Waals surface area contributed by atoms with Crippen molar-refractivity contribution in [2.75, 3.05) is 5.73 Å². The van der Waals surface area contributed by atoms with Crippen LogP contribution in [0.15, 0.2) is 6.20 Å². The molecule has 6 nitrogen and oxygen atoms in total. The molecular weight excluding hydrogens is 184 g/mol. The fraction of sp³-hybridized carbons (Fsp3) is 0.375. The Balaban J connectivity index is 2.67. The SMILES string of the molecule is N#CCCCn1cc(N)c(C(=O)O)n1. The summed E-state index contributed by atoms with van der Waals surface area (Å²) in [6, 6.07) is 1.99. The second-order valence-electron chi connectivity index (χ2n) is 2.76. The van der Waals surface area contributed by atoms with Gasteiger partial charge in [0.25, 0.3) is 0 Å². The summed E-state index contributed by atoms with van der Waals surface area (Å²) >= 11 is 0. The van der Waals surface area contributed by atoms with E-state index in [1.807, 2.05) is 6.07 Å². The Kier molecular flexibility index (Phi) is 3.07. The van der Waals surface area contributed by atoms with Crippen LogP contribution >= 0.6 is 0 Å². The number of carboxylic acid groups (broad SMARTS) is 1. The zero-order valence-electron chi connectivity index (χ0n) is 7.47. The van der Waals surface area contributed by atoms with E-state index in [9.17, 15) is 4.79 Å². The Hall–Kier alpha value is -2.03. The van der Waals surface area contributed by atoms with Crippen molar-refractivity contribution < 1.29 is 9.90 Å². The van der Waals surface area contributed by atoms with Crippen LogP contribution in [-0.2, 0) is 6.54 Å². The molecule has 1 rings (SSSR count). The van der Waals surface area contributed by atoms with Crippen molar-refractivity contribution in [2.24, 2.45) is 0 Å². The van der Waals surface area contributed by atoms with Gasteiger partial charge < -0.3 is 10.8 Å². The van der Waals surface area contributed by atoms with Gasteiger partial charge >= 0.3 is 5.97 Å². The van der Waals surface area contributed by atoms with Gasteiger partial charge in [0.2, 0.25) is 0 Å². The summed E-state index contributed by atoms with van der Waals surface area (Å²) in [6.45, 7) is 0.505. The molecule has 0 aliphatic rings. The lowest BCUT2D eigenvalue weighted by Gasteiger charge is -1.95. The second kappa shape index (κ2) is 4.28. The monoisotopic (exact) mass is 194 g/mol. The number of nitriles is 1. The van der Waals surface area contributed by atoms with Crippen LogP contribution in [0.3, 0.4) is 0 Å². The number of hydrogen-bond donors (Lipinski definition) is 2. The van der Waals surface area contributed by atoms with Gasteiger partial charge in [-0.25, -0.2) is 4.79 Å². The van der Waals surface area contributed by atoms with Crippen LogP contribution in [0.5, 0.6) is 0 Å². The van der Waals surface area contributed by atoms with E-state index in [2.05, 4.69) is 5.10 Å². The minimum absolute atomic E-state index is 0.137. The molecule has 1 aromatic rings. The van der Waals surface area contributed by atoms with Gasteiger partial charge in [0, 0.05) is 19.2 Å². The molecule has 0 bridgehead atoms. The molecule has 1 aromatic heterocycles. The van der Waals surface area contributed by atoms with Gasteiger partial charge in [-0.1, -0.05) is 0 Å². The standard InChI is InChI=1S/C8H10N4O2/c9-3-1-2-4-12-5-6(10)7(11-12)8(13)14/h5H,1-2,4,10H2,(H,13,14). The molecular formula is C8H10N4O2. The fourth-order valence-corrected chi connectivity index (χ4v) is 1.04. The van der Waals surface area contributed by atoms with Crippen molar-refractivity contribution in [3.63, 3.8) is 0 Å². The fourth-order valence-electron chi connectivity index (χ4n) is 1.04. The number of hydrogen-bond acceptors (Lipinski definition) is 4. The summed E-state index contributed by atoms with van der Waals surface area (Å²) in [5.41, 5.74) is 5.43. The molecule has 1 heterocycles. The first-order chi connectivity index (χ1) is 6.65. The topological polar surface area (TPSA) is 105 Å². The smallest absolute Gasteiger partial charge is 0.358 e. The molecule has 0 amide bonds. The van der Waals surface area contributed by atoms with Crippen LogP contribution in [0.25, 0.3) is 0 Å². The van der Waals surface area contributed by atoms with Crippen molar-refractivity contribution in [1.29, 1.82) is 5.26 Å². The molecule has 6 heteroatoms. The van der Waals surface area contributed by atoms with E-state index in [1.54, 1.807) is 0 Å². The molecule has 0 radical (unpaired) electrons. The maximum atomic E-state index is 10.6. The summed E-state index contributed by atoms with van der Waals surface area (Å²) in [5.74, 6) is -1.14. The Bertz CT molecular complexity index is 377. The maximum absolute atomic E-state index is 10.6. The highest BCUT2D eigenvalue weighted by Gasteiger charge is 2.12. The number of aryl methyl sites for hydroxylation is 1. The van der Waals surface area contributed by atoms with Crippen LogP contribution in [-0.4, -0.2) is 20.9 Å². The van der Waals surface area contributed by atoms with Crippen LogP contribution in [0.2, 0.25) is 0 Å². The van der Waals surface area contributed by atoms with Gasteiger partial charge in [0.05, 0.1) is 11.8 Å². The van der Waals surface area contributed by atoms with E-state index >= 15 is 0 Å². The number of aromatic carboxylic acids is 1. The quantitative estimate of drug-likeness (QED) is 0.677. The summed E-state index contributed by atoms with van der Waals surface area (Å²) in [4.78, 5) is 10.6. The van der Waals surface area contributed by atoms with Crippen LogP contribution in [0, 0.1) is 11.3 Å². The number of nitrogens with zero attached hydrogens (tertiary/aromatic N) is 3. The lowest BCUT2D eigenvalue weighted by molar-refractivity contribution is 0.0690. The molecule has 14 heavy (non-hydrogen) atoms. The van der Waals surface area contributed by atoms with Crippen molar-refractivity contribution in [3.8, 4) is 6.07 Å². The third-order valence-electron chi connectivity index (χ3n) is 1.67. The molecule has 0 atom stereocenters. The molecule has 0 spiro atoms. The van der Waals surface area contributed by atoms with Crippen molar-refractivity contribution >= 4 is 11.7 Å². The number of unbranched alkanes of at least 4 members (excludes halogenated alkanes) is 1. The zero-order chi connectivity index (χ0) is 10.6. The Morgan fingerprint density at radius 3 is 3.00 bits per heavy atom. The highest BCUT2D eigenvalue weighted by atomic mass is 16.4. The number of nitrogens with two attached hydrogens (primary N) is 1. The first-order valence-corrected chi connectivity index (χ1v) is 4.08. The summed E-state index contributed by atoms with van der Waals surface area (Å²) in [6.07, 6.45) is 2.51. The lowest BCUT2D eigenvalue weighted by atomic mass is 10.3. The lowest BCUT2D eigenvalue weighted by Crippen LogP contribution is -2.03. The van der Waals surface area contributed by atoms with E-state index in [0.29, 0.717) is 19.4 Å². The molecule has 74 valence electrons. The number of carboxylic acids is 1. The van der Waals surface area contributed by atoms with Gasteiger partial charge in [0.1, 0.15) is 0 Å². The normalized spacial score (nSPS) is 9.64. The molecule has 0 saturated carbocycles. The van der Waals surface area contributed by atoms with E-state index < -0.39 is 5.97 Å². The van der Waals surface area contributed by atoms with Gasteiger partial charge in [-0.2, -0.15) is 10.4 Å². The van der Waals surface area contributed by atoms with Crippen molar-refractivity contribution in [2.45, 2.75) is 19.4 Å². The molecule has 0 aromatic carbocycles. The second-order valence-corrected chi connectivity index (χ2v) is 2.76. The van der Waals surface area contributed by atoms with Crippen molar-refractivity contribution in [1.82, 2.24) is 9.78 Å². The van der Waals surface area contributed by atoms with Gasteiger partial charge in [-0.3, -0.25) is 4.68 Å². The molecule has 3 N–H and O–H groups in total. The van der Waals surface area contributed by atoms with E-state index in [1.165, 1.54) is 10.9 Å². The summed E-state index contributed by atoms with van der Waals surface area (Å²) in [5, 5.41) is 20.7. The average molecular weight is 194 g/mol. The summed E-state index contributed by atoms with van der Waals surface area (Å²) in [7, 11) is 0. The molecule has 0 aliphatic heterocycles. The van der Waals surface area contributed by atoms with E-state index in [-0.39, 0.29) is 11.4 Å². The Morgan fingerprint density at radius 1 is 1.79 bits per heavy atom. The highest BCUT2D eigenvalue weighted by molar-refractivity contribution is 5.91. The van der Waals surface area contributed by atoms with Crippen LogP contribution < -0.4 is 5.73 Å². The van der Waals surface area contributed by atoms with Crippen LogP contribution in [0.1, 0.15) is 23.3 Å². The predicted molar refractivity (Wildman–Crippen MR) is 48.4 cm³/mol. The molecule has 0 unspecified atom stereocenters. The Labute approximate surface area is 80.6 Å². The van der Waals surface area contributed by atoms with E-state index in [0.717, 1.165) is 0 Å². The minimum Gasteiger partial charge on any atom is -0.476 e. The predicted octanol–water partition coefficient (Wildman–Crippen LogP) is 0.467. The first kappa shape index (κ1) is 10.1. The minimum atomic E-state index is -1.14. The van der Waals surface area contributed by atoms with Crippen molar-refractivity contribution in [3.05, 3.63) is 11.9 Å². The number of nitrogen functional groups attached to an aromatic ring is 1. The number of aromatic nitrogens is 2. The highest BCUT2D eigenvalue weighted by Crippen LogP contribution is 2.09. The number of anilines is 1. The molecule has 0 aliphatic carbocycles.